The van der Waals surface area contributed by atoms with Gasteiger partial charge < -0.3 is 0 Å². The van der Waals surface area contributed by atoms with Crippen molar-refractivity contribution in [3.05, 3.63) is 23.5 Å². The lowest BCUT2D eigenvalue weighted by atomic mass is 10.4. The fourth-order valence-electron chi connectivity index (χ4n) is 0.625. The molecule has 8 heteroatoms. The molecule has 1 aromatic heterocycles. The molecule has 13 heavy (non-hydrogen) atoms. The van der Waals surface area contributed by atoms with E-state index in [4.69, 9.17) is 23.6 Å². The number of anilines is 1. The third kappa shape index (κ3) is 1.78. The van der Waals surface area contributed by atoms with Crippen molar-refractivity contribution in [2.75, 3.05) is 3.94 Å². The van der Waals surface area contributed by atoms with E-state index in [2.05, 4.69) is 4.98 Å². The van der Waals surface area contributed by atoms with Gasteiger partial charge in [-0.3, -0.25) is 0 Å². The van der Waals surface area contributed by atoms with Crippen LogP contribution in [-0.4, -0.2) is 4.98 Å². The summed E-state index contributed by atoms with van der Waals surface area (Å²) in [5, 5.41) is 0. The number of nitrogens with zero attached hydrogens (tertiary/aromatic N) is 2. The first kappa shape index (κ1) is 10.3. The zero-order valence-electron chi connectivity index (χ0n) is 5.66. The Hall–Kier alpha value is -0.750. The van der Waals surface area contributed by atoms with Gasteiger partial charge in [-0.05, 0) is 0 Å². The predicted octanol–water partition coefficient (Wildman–Crippen LogP) is 2.75. The van der Waals surface area contributed by atoms with Crippen molar-refractivity contribution in [3.63, 3.8) is 0 Å². The van der Waals surface area contributed by atoms with Gasteiger partial charge in [0.1, 0.15) is 0 Å². The second-order valence-electron chi connectivity index (χ2n) is 1.90. The van der Waals surface area contributed by atoms with Crippen molar-refractivity contribution in [3.8, 4) is 0 Å². The molecule has 1 heterocycles. The van der Waals surface area contributed by atoms with Crippen molar-refractivity contribution in [1.29, 1.82) is 0 Å². The van der Waals surface area contributed by atoms with E-state index in [0.717, 1.165) is 0 Å². The topological polar surface area (TPSA) is 16.1 Å². The van der Waals surface area contributed by atoms with Gasteiger partial charge in [-0.1, -0.05) is 0 Å². The van der Waals surface area contributed by atoms with Crippen LogP contribution in [0, 0.1) is 23.5 Å². The zero-order chi connectivity index (χ0) is 10.2. The molecule has 1 aromatic rings. The molecule has 0 aliphatic heterocycles. The van der Waals surface area contributed by atoms with Gasteiger partial charge in [-0.2, -0.15) is 26.5 Å². The summed E-state index contributed by atoms with van der Waals surface area (Å²) in [6, 6.07) is 0. The predicted molar refractivity (Wildman–Crippen MR) is 38.3 cm³/mol. The molecule has 0 atom stereocenters. The van der Waals surface area contributed by atoms with Crippen molar-refractivity contribution in [2.24, 2.45) is 0 Å². The fraction of sp³-hybridized carbons (Fsp3) is 0. The van der Waals surface area contributed by atoms with E-state index in [9.17, 15) is 17.6 Å². The summed E-state index contributed by atoms with van der Waals surface area (Å²) >= 11 is 9.83. The molecule has 0 radical (unpaired) electrons. The standard InChI is InChI=1S/C5Cl2F4N2/c6-13(7)3-1(8)4(10)12-5(11)2(3)9. The third-order valence-electron chi connectivity index (χ3n) is 1.14. The van der Waals surface area contributed by atoms with E-state index in [-0.39, 0.29) is 3.94 Å². The summed E-state index contributed by atoms with van der Waals surface area (Å²) in [6.07, 6.45) is 0. The SMILES string of the molecule is Fc1nc(F)c(F)c(N(Cl)Cl)c1F. The highest BCUT2D eigenvalue weighted by Gasteiger charge is 2.23. The van der Waals surface area contributed by atoms with Gasteiger partial charge in [0, 0.05) is 23.6 Å². The Balaban J connectivity index is 3.46. The highest BCUT2D eigenvalue weighted by atomic mass is 35.5. The molecule has 72 valence electrons. The van der Waals surface area contributed by atoms with Gasteiger partial charge in [-0.15, -0.1) is 0 Å². The second kappa shape index (κ2) is 3.55. The highest BCUT2D eigenvalue weighted by molar-refractivity contribution is 6.49. The van der Waals surface area contributed by atoms with Crippen LogP contribution in [0.2, 0.25) is 0 Å². The molecule has 0 aliphatic rings. The summed E-state index contributed by atoms with van der Waals surface area (Å²) in [7, 11) is 0. The molecular formula is C5Cl2F4N2. The molecule has 0 spiro atoms. The average molecular weight is 235 g/mol. The first-order chi connectivity index (χ1) is 5.95. The van der Waals surface area contributed by atoms with E-state index in [0.29, 0.717) is 0 Å². The van der Waals surface area contributed by atoms with E-state index in [1.165, 1.54) is 0 Å². The van der Waals surface area contributed by atoms with Gasteiger partial charge in [-0.25, -0.2) is 0 Å². The van der Waals surface area contributed by atoms with Crippen LogP contribution in [-0.2, 0) is 0 Å². The number of hydrogen-bond acceptors (Lipinski definition) is 2. The molecule has 0 amide bonds. The maximum absolute atomic E-state index is 12.6. The van der Waals surface area contributed by atoms with Gasteiger partial charge in [0.25, 0.3) is 11.9 Å². The van der Waals surface area contributed by atoms with Gasteiger partial charge in [0.2, 0.25) is 11.6 Å². The summed E-state index contributed by atoms with van der Waals surface area (Å²) in [5.41, 5.74) is -1.24. The van der Waals surface area contributed by atoms with Gasteiger partial charge >= 0.3 is 0 Å². The van der Waals surface area contributed by atoms with Crippen molar-refractivity contribution >= 4 is 29.2 Å². The Kier molecular flexibility index (Phi) is 2.82. The Morgan fingerprint density at radius 3 is 1.62 bits per heavy atom. The first-order valence-electron chi connectivity index (χ1n) is 2.76. The number of rotatable bonds is 1. The number of hydrogen-bond donors (Lipinski definition) is 0. The van der Waals surface area contributed by atoms with Gasteiger partial charge in [0.15, 0.2) is 5.69 Å². The second-order valence-corrected chi connectivity index (χ2v) is 2.75. The molecule has 0 aliphatic carbocycles. The van der Waals surface area contributed by atoms with E-state index in [1.54, 1.807) is 0 Å². The highest BCUT2D eigenvalue weighted by Crippen LogP contribution is 2.28. The van der Waals surface area contributed by atoms with Crippen LogP contribution in [0.15, 0.2) is 0 Å². The summed E-state index contributed by atoms with van der Waals surface area (Å²) < 4.78 is 49.8. The molecule has 0 bridgehead atoms. The Labute approximate surface area is 79.9 Å². The maximum atomic E-state index is 12.6. The molecule has 2 nitrogen and oxygen atoms in total. The minimum absolute atomic E-state index is 0.126. The quantitative estimate of drug-likeness (QED) is 0.422. The van der Waals surface area contributed by atoms with Crippen molar-refractivity contribution in [1.82, 2.24) is 4.98 Å². The summed E-state index contributed by atoms with van der Waals surface area (Å²) in [5.74, 6) is -7.16. The Morgan fingerprint density at radius 1 is 0.923 bits per heavy atom. The smallest absolute Gasteiger partial charge is 0.199 e. The molecule has 0 unspecified atom stereocenters. The minimum Gasteiger partial charge on any atom is -0.199 e. The monoisotopic (exact) mass is 234 g/mol. The van der Waals surface area contributed by atoms with Crippen LogP contribution in [0.4, 0.5) is 23.2 Å². The number of pyridine rings is 1. The lowest BCUT2D eigenvalue weighted by Gasteiger charge is -2.08. The van der Waals surface area contributed by atoms with Crippen LogP contribution >= 0.6 is 23.6 Å². The van der Waals surface area contributed by atoms with E-state index < -0.39 is 29.2 Å². The molecule has 1 rings (SSSR count). The third-order valence-corrected chi connectivity index (χ3v) is 1.48. The largest absolute Gasteiger partial charge is 0.254 e. The molecular weight excluding hydrogens is 235 g/mol. The normalized spacial score (nSPS) is 10.3. The minimum atomic E-state index is -1.82. The molecule has 0 N–H and O–H groups in total. The van der Waals surface area contributed by atoms with Crippen LogP contribution in [0.5, 0.6) is 0 Å². The van der Waals surface area contributed by atoms with Crippen LogP contribution in [0.1, 0.15) is 0 Å². The lowest BCUT2D eigenvalue weighted by Crippen LogP contribution is -2.07. The summed E-state index contributed by atoms with van der Waals surface area (Å²) in [6.45, 7) is 0. The maximum Gasteiger partial charge on any atom is 0.254 e. The number of aromatic nitrogens is 1. The first-order valence-corrected chi connectivity index (χ1v) is 3.44. The van der Waals surface area contributed by atoms with Crippen LogP contribution in [0.25, 0.3) is 0 Å². The lowest BCUT2D eigenvalue weighted by molar-refractivity contribution is 0.411. The van der Waals surface area contributed by atoms with E-state index in [1.807, 2.05) is 0 Å². The Bertz CT molecular complexity index is 318. The zero-order valence-corrected chi connectivity index (χ0v) is 7.17. The molecule has 0 fully saturated rings. The Morgan fingerprint density at radius 2 is 1.31 bits per heavy atom. The number of halogens is 6. The van der Waals surface area contributed by atoms with Crippen LogP contribution < -0.4 is 3.94 Å². The van der Waals surface area contributed by atoms with E-state index >= 15 is 0 Å². The molecule has 0 saturated heterocycles. The molecule has 0 aromatic carbocycles. The van der Waals surface area contributed by atoms with Crippen molar-refractivity contribution < 1.29 is 17.6 Å². The average Bonchev–Trinajstić information content (AvgIpc) is 2.01. The van der Waals surface area contributed by atoms with Crippen LogP contribution in [0.3, 0.4) is 0 Å². The fourth-order valence-corrected chi connectivity index (χ4v) is 0.921. The summed E-state index contributed by atoms with van der Waals surface area (Å²) in [4.78, 5) is 2.29. The van der Waals surface area contributed by atoms with Gasteiger partial charge in [0.05, 0.1) is 0 Å². The van der Waals surface area contributed by atoms with Crippen molar-refractivity contribution in [2.45, 2.75) is 0 Å². The molecule has 0 saturated carbocycles.